The molecule has 1 aliphatic heterocycles. The van der Waals surface area contributed by atoms with Crippen LogP contribution in [-0.4, -0.2) is 42.3 Å². The third-order valence-corrected chi connectivity index (χ3v) is 6.16. The Morgan fingerprint density at radius 3 is 2.71 bits per heavy atom. The predicted octanol–water partition coefficient (Wildman–Crippen LogP) is 4.07. The number of ether oxygens (including phenoxy) is 2. The number of carbonyl (C=O) groups is 1. The van der Waals surface area contributed by atoms with E-state index in [0.717, 1.165) is 28.6 Å². The monoisotopic (exact) mass is 394 g/mol. The number of aromatic nitrogens is 1. The van der Waals surface area contributed by atoms with Crippen LogP contribution in [0.1, 0.15) is 16.6 Å². The van der Waals surface area contributed by atoms with Crippen molar-refractivity contribution in [2.45, 2.75) is 11.8 Å². The zero-order valence-electron chi connectivity index (χ0n) is 15.9. The molecule has 1 saturated heterocycles. The van der Waals surface area contributed by atoms with Gasteiger partial charge in [-0.15, -0.1) is 11.8 Å². The Hall–Kier alpha value is -2.73. The summed E-state index contributed by atoms with van der Waals surface area (Å²) in [7, 11) is 3.25. The smallest absolute Gasteiger partial charge is 0.233 e. The number of hydrogen-bond acceptors (Lipinski definition) is 5. The molecule has 144 valence electrons. The van der Waals surface area contributed by atoms with E-state index >= 15 is 0 Å². The summed E-state index contributed by atoms with van der Waals surface area (Å²) in [6, 6.07) is 18.0. The summed E-state index contributed by atoms with van der Waals surface area (Å²) in [5.41, 5.74) is 2.99. The molecule has 1 aromatic heterocycles. The van der Waals surface area contributed by atoms with Crippen molar-refractivity contribution in [1.82, 2.24) is 9.88 Å². The molecule has 0 aliphatic carbocycles. The summed E-state index contributed by atoms with van der Waals surface area (Å²) in [5, 5.41) is 1.06. The minimum atomic E-state index is -0.0442. The van der Waals surface area contributed by atoms with Gasteiger partial charge >= 0.3 is 0 Å². The van der Waals surface area contributed by atoms with Gasteiger partial charge in [-0.2, -0.15) is 0 Å². The van der Waals surface area contributed by atoms with Crippen LogP contribution in [-0.2, 0) is 11.2 Å². The van der Waals surface area contributed by atoms with E-state index < -0.39 is 0 Å². The molecule has 2 aromatic carbocycles. The van der Waals surface area contributed by atoms with Crippen LogP contribution in [0.15, 0.2) is 54.6 Å². The van der Waals surface area contributed by atoms with Crippen LogP contribution in [0.3, 0.4) is 0 Å². The van der Waals surface area contributed by atoms with Crippen molar-refractivity contribution >= 4 is 28.6 Å². The molecule has 1 unspecified atom stereocenters. The maximum Gasteiger partial charge on any atom is 0.233 e. The highest BCUT2D eigenvalue weighted by Crippen LogP contribution is 2.38. The number of nitrogens with zero attached hydrogens (tertiary/aromatic N) is 2. The highest BCUT2D eigenvalue weighted by molar-refractivity contribution is 8.00. The van der Waals surface area contributed by atoms with Gasteiger partial charge in [0.2, 0.25) is 5.91 Å². The molecule has 0 radical (unpaired) electrons. The Balaban J connectivity index is 1.53. The quantitative estimate of drug-likeness (QED) is 0.631. The second kappa shape index (κ2) is 8.10. The lowest BCUT2D eigenvalue weighted by Gasteiger charge is -2.24. The van der Waals surface area contributed by atoms with Crippen LogP contribution in [0.4, 0.5) is 0 Å². The Kier molecular flexibility index (Phi) is 5.39. The van der Waals surface area contributed by atoms with E-state index in [1.165, 1.54) is 0 Å². The van der Waals surface area contributed by atoms with Gasteiger partial charge in [-0.3, -0.25) is 4.79 Å². The van der Waals surface area contributed by atoms with Crippen LogP contribution in [0, 0.1) is 0 Å². The molecule has 4 rings (SSSR count). The van der Waals surface area contributed by atoms with Gasteiger partial charge in [-0.1, -0.05) is 30.3 Å². The highest BCUT2D eigenvalue weighted by atomic mass is 32.2. The van der Waals surface area contributed by atoms with Crippen LogP contribution in [0.5, 0.6) is 11.5 Å². The molecule has 2 heterocycles. The summed E-state index contributed by atoms with van der Waals surface area (Å²) in [4.78, 5) is 19.2. The fourth-order valence-corrected chi connectivity index (χ4v) is 4.62. The second-order valence-electron chi connectivity index (χ2n) is 6.62. The topological polar surface area (TPSA) is 51.7 Å². The number of fused-ring (bicyclic) bond motifs is 1. The number of thioether (sulfide) groups is 1. The number of para-hydroxylation sites is 1. The minimum Gasteiger partial charge on any atom is -0.493 e. The van der Waals surface area contributed by atoms with Crippen LogP contribution in [0.25, 0.3) is 10.9 Å². The first-order chi connectivity index (χ1) is 13.7. The Morgan fingerprint density at radius 2 is 1.89 bits per heavy atom. The summed E-state index contributed by atoms with van der Waals surface area (Å²) < 4.78 is 10.7. The van der Waals surface area contributed by atoms with Crippen LogP contribution in [0.2, 0.25) is 0 Å². The lowest BCUT2D eigenvalue weighted by atomic mass is 10.1. The molecule has 0 spiro atoms. The second-order valence-corrected chi connectivity index (χ2v) is 7.69. The number of methoxy groups -OCH3 is 2. The van der Waals surface area contributed by atoms with Gasteiger partial charge in [0.25, 0.3) is 0 Å². The van der Waals surface area contributed by atoms with Gasteiger partial charge in [0.1, 0.15) is 5.37 Å². The van der Waals surface area contributed by atoms with Gasteiger partial charge in [-0.25, -0.2) is 4.98 Å². The number of hydrogen-bond donors (Lipinski definition) is 0. The minimum absolute atomic E-state index is 0.0442. The molecule has 28 heavy (non-hydrogen) atoms. The zero-order valence-corrected chi connectivity index (χ0v) is 16.7. The number of pyridine rings is 1. The SMILES string of the molecule is COc1ccc(CCN2C(=O)CSC2c2ccc3ccccc3n2)cc1OC. The van der Waals surface area contributed by atoms with E-state index in [1.54, 1.807) is 26.0 Å². The fraction of sp³-hybridized carbons (Fsp3) is 0.273. The summed E-state index contributed by atoms with van der Waals surface area (Å²) in [6.45, 7) is 0.639. The summed E-state index contributed by atoms with van der Waals surface area (Å²) >= 11 is 1.64. The number of benzene rings is 2. The molecular formula is C22H22N2O3S. The van der Waals surface area contributed by atoms with E-state index in [4.69, 9.17) is 14.5 Å². The molecule has 0 saturated carbocycles. The first-order valence-corrected chi connectivity index (χ1v) is 10.2. The number of carbonyl (C=O) groups excluding carboxylic acids is 1. The van der Waals surface area contributed by atoms with E-state index in [-0.39, 0.29) is 11.3 Å². The fourth-order valence-electron chi connectivity index (χ4n) is 3.45. The number of rotatable bonds is 6. The van der Waals surface area contributed by atoms with Gasteiger partial charge in [0, 0.05) is 11.9 Å². The average molecular weight is 394 g/mol. The molecule has 6 heteroatoms. The number of amides is 1. The van der Waals surface area contributed by atoms with Crippen molar-refractivity contribution in [2.24, 2.45) is 0 Å². The lowest BCUT2D eigenvalue weighted by molar-refractivity contribution is -0.128. The van der Waals surface area contributed by atoms with E-state index in [1.807, 2.05) is 53.4 Å². The summed E-state index contributed by atoms with van der Waals surface area (Å²) in [6.07, 6.45) is 0.747. The van der Waals surface area contributed by atoms with Crippen molar-refractivity contribution < 1.29 is 14.3 Å². The first-order valence-electron chi connectivity index (χ1n) is 9.17. The molecule has 1 atom stereocenters. The van der Waals surface area contributed by atoms with Gasteiger partial charge in [0.15, 0.2) is 11.5 Å². The molecule has 0 N–H and O–H groups in total. The van der Waals surface area contributed by atoms with Crippen molar-refractivity contribution in [3.8, 4) is 11.5 Å². The van der Waals surface area contributed by atoms with Crippen LogP contribution >= 0.6 is 11.8 Å². The third-order valence-electron chi connectivity index (χ3n) is 4.93. The van der Waals surface area contributed by atoms with Crippen molar-refractivity contribution in [1.29, 1.82) is 0 Å². The van der Waals surface area contributed by atoms with Gasteiger partial charge in [-0.05, 0) is 36.2 Å². The largest absolute Gasteiger partial charge is 0.493 e. The van der Waals surface area contributed by atoms with E-state index in [9.17, 15) is 4.79 Å². The van der Waals surface area contributed by atoms with Crippen molar-refractivity contribution in [3.63, 3.8) is 0 Å². The van der Waals surface area contributed by atoms with Crippen molar-refractivity contribution in [3.05, 3.63) is 65.9 Å². The summed E-state index contributed by atoms with van der Waals surface area (Å²) in [5.74, 6) is 2.06. The van der Waals surface area contributed by atoms with Gasteiger partial charge < -0.3 is 14.4 Å². The predicted molar refractivity (Wildman–Crippen MR) is 112 cm³/mol. The first kappa shape index (κ1) is 18.6. The Bertz CT molecular complexity index is 1010. The normalized spacial score (nSPS) is 16.6. The lowest BCUT2D eigenvalue weighted by Crippen LogP contribution is -2.30. The van der Waals surface area contributed by atoms with Crippen LogP contribution < -0.4 is 9.47 Å². The zero-order chi connectivity index (χ0) is 19.5. The van der Waals surface area contributed by atoms with Crippen molar-refractivity contribution in [2.75, 3.05) is 26.5 Å². The average Bonchev–Trinajstić information content (AvgIpc) is 3.12. The van der Waals surface area contributed by atoms with E-state index in [0.29, 0.717) is 23.8 Å². The maximum atomic E-state index is 12.5. The maximum absolute atomic E-state index is 12.5. The Morgan fingerprint density at radius 1 is 1.07 bits per heavy atom. The molecular weight excluding hydrogens is 372 g/mol. The third kappa shape index (κ3) is 3.64. The Labute approximate surface area is 168 Å². The van der Waals surface area contributed by atoms with E-state index in [2.05, 4.69) is 6.07 Å². The standard InChI is InChI=1S/C22H22N2O3S/c1-26-19-10-7-15(13-20(19)27-2)11-12-24-21(25)14-28-22(24)18-9-8-16-5-3-4-6-17(16)23-18/h3-10,13,22H,11-12,14H2,1-2H3. The molecule has 0 bridgehead atoms. The molecule has 1 fully saturated rings. The molecule has 1 aliphatic rings. The highest BCUT2D eigenvalue weighted by Gasteiger charge is 2.33. The van der Waals surface area contributed by atoms with Gasteiger partial charge in [0.05, 0.1) is 31.2 Å². The molecule has 5 nitrogen and oxygen atoms in total. The molecule has 3 aromatic rings. The molecule has 1 amide bonds.